The van der Waals surface area contributed by atoms with Gasteiger partial charge in [0.15, 0.2) is 0 Å². The Morgan fingerprint density at radius 3 is 2.33 bits per heavy atom. The molecule has 0 heterocycles. The third-order valence-electron chi connectivity index (χ3n) is 2.47. The Bertz CT molecular complexity index is 166. The van der Waals surface area contributed by atoms with Gasteiger partial charge in [0, 0.05) is 6.42 Å². The van der Waals surface area contributed by atoms with E-state index in [1.165, 1.54) is 0 Å². The summed E-state index contributed by atoms with van der Waals surface area (Å²) < 4.78 is 23.8. The number of rotatable bonds is 4. The van der Waals surface area contributed by atoms with Crippen molar-refractivity contribution >= 4 is 5.97 Å². The average Bonchev–Trinajstić information content (AvgIpc) is 1.80. The summed E-state index contributed by atoms with van der Waals surface area (Å²) in [5, 5.41) is 8.62. The van der Waals surface area contributed by atoms with E-state index in [-0.39, 0.29) is 5.92 Å². The van der Waals surface area contributed by atoms with Gasteiger partial charge in [-0.2, -0.15) is 0 Å². The van der Waals surface area contributed by atoms with Crippen LogP contribution < -0.4 is 0 Å². The summed E-state index contributed by atoms with van der Waals surface area (Å²) in [6, 6.07) is 0. The van der Waals surface area contributed by atoms with Crippen LogP contribution in [-0.2, 0) is 4.79 Å². The molecule has 1 N–H and O–H groups in total. The molecular weight excluding hydrogens is 166 g/mol. The quantitative estimate of drug-likeness (QED) is 0.716. The van der Waals surface area contributed by atoms with E-state index >= 15 is 0 Å². The number of aliphatic carboxylic acids is 1. The number of hydrogen-bond donors (Lipinski definition) is 1. The van der Waals surface area contributed by atoms with Crippen molar-refractivity contribution in [3.63, 3.8) is 0 Å². The molecule has 0 spiro atoms. The second kappa shape index (κ2) is 3.83. The first-order chi connectivity index (χ1) is 5.61. The predicted molar refractivity (Wildman–Crippen MR) is 39.1 cm³/mol. The number of carbonyl (C=O) groups is 1. The smallest absolute Gasteiger partial charge is 0.306 e. The van der Waals surface area contributed by atoms with E-state index in [4.69, 9.17) is 5.11 Å². The van der Waals surface area contributed by atoms with Crippen molar-refractivity contribution in [2.75, 3.05) is 0 Å². The standard InChI is InChI=1S/C8H12F2O2/c9-7(10)4-6(8(11)12)5-2-1-3-5/h5-7H,1-4H2,(H,11,12). The molecule has 0 aliphatic heterocycles. The molecule has 0 saturated heterocycles. The minimum Gasteiger partial charge on any atom is -0.481 e. The van der Waals surface area contributed by atoms with E-state index in [0.29, 0.717) is 0 Å². The zero-order chi connectivity index (χ0) is 9.14. The van der Waals surface area contributed by atoms with Crippen LogP contribution in [0.2, 0.25) is 0 Å². The van der Waals surface area contributed by atoms with Gasteiger partial charge >= 0.3 is 5.97 Å². The predicted octanol–water partition coefficient (Wildman–Crippen LogP) is 2.14. The van der Waals surface area contributed by atoms with Crippen molar-refractivity contribution in [3.8, 4) is 0 Å². The van der Waals surface area contributed by atoms with Crippen LogP contribution in [0.1, 0.15) is 25.7 Å². The van der Waals surface area contributed by atoms with Crippen LogP contribution in [0.5, 0.6) is 0 Å². The topological polar surface area (TPSA) is 37.3 Å². The zero-order valence-corrected chi connectivity index (χ0v) is 6.67. The summed E-state index contributed by atoms with van der Waals surface area (Å²) in [6.07, 6.45) is -0.405. The Balaban J connectivity index is 2.42. The van der Waals surface area contributed by atoms with Crippen LogP contribution in [0.25, 0.3) is 0 Å². The highest BCUT2D eigenvalue weighted by Crippen LogP contribution is 2.36. The molecule has 0 aromatic heterocycles. The molecule has 12 heavy (non-hydrogen) atoms. The SMILES string of the molecule is O=C(O)C(CC(F)F)C1CCC1. The molecule has 1 atom stereocenters. The minimum absolute atomic E-state index is 0.00324. The average molecular weight is 178 g/mol. The Morgan fingerprint density at radius 2 is 2.08 bits per heavy atom. The fourth-order valence-electron chi connectivity index (χ4n) is 1.53. The van der Waals surface area contributed by atoms with Gasteiger partial charge in [0.05, 0.1) is 5.92 Å². The fourth-order valence-corrected chi connectivity index (χ4v) is 1.53. The monoisotopic (exact) mass is 178 g/mol. The number of hydrogen-bond acceptors (Lipinski definition) is 1. The first-order valence-electron chi connectivity index (χ1n) is 4.12. The highest BCUT2D eigenvalue weighted by Gasteiger charge is 2.34. The maximum atomic E-state index is 11.9. The van der Waals surface area contributed by atoms with Gasteiger partial charge in [-0.3, -0.25) is 4.79 Å². The van der Waals surface area contributed by atoms with Gasteiger partial charge in [-0.1, -0.05) is 6.42 Å². The molecule has 0 aromatic carbocycles. The second-order valence-electron chi connectivity index (χ2n) is 3.26. The van der Waals surface area contributed by atoms with Gasteiger partial charge in [0.2, 0.25) is 6.43 Å². The Kier molecular flexibility index (Phi) is 3.00. The summed E-state index contributed by atoms with van der Waals surface area (Å²) in [6.45, 7) is 0. The van der Waals surface area contributed by atoms with Crippen molar-refractivity contribution < 1.29 is 18.7 Å². The molecule has 1 aliphatic carbocycles. The van der Waals surface area contributed by atoms with Crippen molar-refractivity contribution in [1.82, 2.24) is 0 Å². The summed E-state index contributed by atoms with van der Waals surface area (Å²) >= 11 is 0. The number of halogens is 2. The lowest BCUT2D eigenvalue weighted by Crippen LogP contribution is -2.30. The maximum Gasteiger partial charge on any atom is 0.306 e. The molecular formula is C8H12F2O2. The number of carboxylic acids is 1. The highest BCUT2D eigenvalue weighted by atomic mass is 19.3. The molecule has 70 valence electrons. The first kappa shape index (κ1) is 9.42. The molecule has 1 saturated carbocycles. The third-order valence-corrected chi connectivity index (χ3v) is 2.47. The Hall–Kier alpha value is -0.670. The Labute approximate surface area is 69.6 Å². The summed E-state index contributed by atoms with van der Waals surface area (Å²) in [4.78, 5) is 10.5. The number of alkyl halides is 2. The molecule has 1 aliphatic rings. The van der Waals surface area contributed by atoms with Crippen molar-refractivity contribution in [2.45, 2.75) is 32.1 Å². The summed E-state index contributed by atoms with van der Waals surface area (Å²) in [5.41, 5.74) is 0. The Morgan fingerprint density at radius 1 is 1.50 bits per heavy atom. The molecule has 1 rings (SSSR count). The lowest BCUT2D eigenvalue weighted by Gasteiger charge is -2.30. The summed E-state index contributed by atoms with van der Waals surface area (Å²) in [7, 11) is 0. The van der Waals surface area contributed by atoms with E-state index in [2.05, 4.69) is 0 Å². The van der Waals surface area contributed by atoms with Crippen LogP contribution >= 0.6 is 0 Å². The largest absolute Gasteiger partial charge is 0.481 e. The molecule has 2 nitrogen and oxygen atoms in total. The van der Waals surface area contributed by atoms with Crippen molar-refractivity contribution in [2.24, 2.45) is 11.8 Å². The van der Waals surface area contributed by atoms with Gasteiger partial charge < -0.3 is 5.11 Å². The molecule has 0 aromatic rings. The van der Waals surface area contributed by atoms with Crippen LogP contribution in [-0.4, -0.2) is 17.5 Å². The van der Waals surface area contributed by atoms with E-state index in [9.17, 15) is 13.6 Å². The molecule has 0 amide bonds. The zero-order valence-electron chi connectivity index (χ0n) is 6.67. The van der Waals surface area contributed by atoms with E-state index < -0.39 is 24.7 Å². The molecule has 1 fully saturated rings. The molecule has 0 radical (unpaired) electrons. The van der Waals surface area contributed by atoms with E-state index in [1.807, 2.05) is 0 Å². The minimum atomic E-state index is -2.49. The van der Waals surface area contributed by atoms with Crippen molar-refractivity contribution in [1.29, 1.82) is 0 Å². The first-order valence-corrected chi connectivity index (χ1v) is 4.12. The lowest BCUT2D eigenvalue weighted by atomic mass is 9.74. The molecule has 4 heteroatoms. The van der Waals surface area contributed by atoms with Gasteiger partial charge in [-0.25, -0.2) is 8.78 Å². The van der Waals surface area contributed by atoms with Crippen LogP contribution in [0.4, 0.5) is 8.78 Å². The third kappa shape index (κ3) is 2.16. The second-order valence-corrected chi connectivity index (χ2v) is 3.26. The lowest BCUT2D eigenvalue weighted by molar-refractivity contribution is -0.146. The van der Waals surface area contributed by atoms with E-state index in [1.54, 1.807) is 0 Å². The van der Waals surface area contributed by atoms with Crippen LogP contribution in [0.15, 0.2) is 0 Å². The fraction of sp³-hybridized carbons (Fsp3) is 0.875. The number of carboxylic acid groups (broad SMARTS) is 1. The molecule has 1 unspecified atom stereocenters. The van der Waals surface area contributed by atoms with Gasteiger partial charge in [0.1, 0.15) is 0 Å². The van der Waals surface area contributed by atoms with Gasteiger partial charge in [0.25, 0.3) is 0 Å². The molecule has 0 bridgehead atoms. The van der Waals surface area contributed by atoms with Gasteiger partial charge in [-0.15, -0.1) is 0 Å². The highest BCUT2D eigenvalue weighted by molar-refractivity contribution is 5.70. The van der Waals surface area contributed by atoms with E-state index in [0.717, 1.165) is 19.3 Å². The normalized spacial score (nSPS) is 20.6. The van der Waals surface area contributed by atoms with Crippen molar-refractivity contribution in [3.05, 3.63) is 0 Å². The van der Waals surface area contributed by atoms with Crippen LogP contribution in [0.3, 0.4) is 0 Å². The summed E-state index contributed by atoms with van der Waals surface area (Å²) in [5.74, 6) is -1.89. The van der Waals surface area contributed by atoms with Gasteiger partial charge in [-0.05, 0) is 18.8 Å². The van der Waals surface area contributed by atoms with Crippen LogP contribution in [0, 0.1) is 11.8 Å². The maximum absolute atomic E-state index is 11.9.